The summed E-state index contributed by atoms with van der Waals surface area (Å²) in [5.41, 5.74) is 7.12. The van der Waals surface area contributed by atoms with Gasteiger partial charge in [0.1, 0.15) is 4.90 Å². The normalized spacial score (nSPS) is 16.4. The summed E-state index contributed by atoms with van der Waals surface area (Å²) in [6.45, 7) is 4.26. The molecule has 0 radical (unpaired) electrons. The number of aryl methyl sites for hydroxylation is 1. The van der Waals surface area contributed by atoms with Crippen LogP contribution in [0.25, 0.3) is 0 Å². The van der Waals surface area contributed by atoms with Crippen molar-refractivity contribution in [2.24, 2.45) is 0 Å². The fraction of sp³-hybridized carbons (Fsp3) is 0.500. The molecule has 0 aromatic heterocycles. The minimum absolute atomic E-state index is 0.172. The Morgan fingerprint density at radius 1 is 1.41 bits per heavy atom. The van der Waals surface area contributed by atoms with E-state index in [1.165, 1.54) is 0 Å². The summed E-state index contributed by atoms with van der Waals surface area (Å²) >= 11 is 0. The average molecular weight is 254 g/mol. The molecule has 94 valence electrons. The lowest BCUT2D eigenvalue weighted by Gasteiger charge is -2.21. The fourth-order valence-corrected chi connectivity index (χ4v) is 3.81. The number of rotatable bonds is 4. The lowest BCUT2D eigenvalue weighted by molar-refractivity contribution is 0.421. The molecule has 1 aromatic carbocycles. The van der Waals surface area contributed by atoms with Gasteiger partial charge in [0.05, 0.1) is 5.69 Å². The van der Waals surface area contributed by atoms with Gasteiger partial charge in [-0.05, 0) is 37.5 Å². The van der Waals surface area contributed by atoms with E-state index in [0.29, 0.717) is 12.2 Å². The molecule has 0 bridgehead atoms. The van der Waals surface area contributed by atoms with Crippen molar-refractivity contribution in [1.82, 2.24) is 4.31 Å². The first-order valence-electron chi connectivity index (χ1n) is 5.84. The Bertz CT molecular complexity index is 521. The van der Waals surface area contributed by atoms with E-state index < -0.39 is 10.0 Å². The summed E-state index contributed by atoms with van der Waals surface area (Å²) in [7, 11) is -3.43. The first kappa shape index (κ1) is 12.4. The van der Waals surface area contributed by atoms with Crippen molar-refractivity contribution < 1.29 is 8.42 Å². The Morgan fingerprint density at radius 2 is 2.06 bits per heavy atom. The maximum atomic E-state index is 12.4. The van der Waals surface area contributed by atoms with Crippen LogP contribution < -0.4 is 5.73 Å². The minimum Gasteiger partial charge on any atom is -0.398 e. The molecular formula is C12H18N2O2S. The Morgan fingerprint density at radius 3 is 2.53 bits per heavy atom. The van der Waals surface area contributed by atoms with Gasteiger partial charge in [0, 0.05) is 12.6 Å². The van der Waals surface area contributed by atoms with Crippen molar-refractivity contribution in [3.8, 4) is 0 Å². The first-order valence-corrected chi connectivity index (χ1v) is 7.28. The van der Waals surface area contributed by atoms with E-state index in [1.807, 2.05) is 13.8 Å². The van der Waals surface area contributed by atoms with Gasteiger partial charge in [-0.1, -0.05) is 13.0 Å². The molecule has 0 atom stereocenters. The molecule has 1 aromatic rings. The van der Waals surface area contributed by atoms with E-state index in [9.17, 15) is 8.42 Å². The molecule has 1 aliphatic carbocycles. The number of nitrogens with zero attached hydrogens (tertiary/aromatic N) is 1. The second-order valence-electron chi connectivity index (χ2n) is 4.48. The highest BCUT2D eigenvalue weighted by atomic mass is 32.2. The van der Waals surface area contributed by atoms with Gasteiger partial charge in [-0.3, -0.25) is 0 Å². The predicted octanol–water partition coefficient (Wildman–Crippen LogP) is 1.75. The third-order valence-electron chi connectivity index (χ3n) is 3.02. The van der Waals surface area contributed by atoms with Gasteiger partial charge < -0.3 is 5.73 Å². The van der Waals surface area contributed by atoms with Gasteiger partial charge in [0.2, 0.25) is 10.0 Å². The lowest BCUT2D eigenvalue weighted by Crippen LogP contribution is -2.33. The molecule has 4 nitrogen and oxygen atoms in total. The standard InChI is InChI=1S/C12H18N2O2S/c1-3-14(10-5-6-10)17(15,16)12-7-4-9(2)8-11(12)13/h4,7-8,10H,3,5-6,13H2,1-2H3. The molecule has 0 unspecified atom stereocenters. The first-order chi connectivity index (χ1) is 7.96. The van der Waals surface area contributed by atoms with Crippen molar-refractivity contribution in [1.29, 1.82) is 0 Å². The maximum absolute atomic E-state index is 12.4. The van der Waals surface area contributed by atoms with Gasteiger partial charge in [-0.2, -0.15) is 4.31 Å². The van der Waals surface area contributed by atoms with Crippen LogP contribution in [0, 0.1) is 6.92 Å². The molecule has 0 heterocycles. The minimum atomic E-state index is -3.43. The van der Waals surface area contributed by atoms with Gasteiger partial charge >= 0.3 is 0 Å². The number of nitrogens with two attached hydrogens (primary N) is 1. The quantitative estimate of drug-likeness (QED) is 0.833. The topological polar surface area (TPSA) is 63.4 Å². The molecule has 0 saturated heterocycles. The van der Waals surface area contributed by atoms with Crippen molar-refractivity contribution in [2.75, 3.05) is 12.3 Å². The number of anilines is 1. The van der Waals surface area contributed by atoms with Crippen molar-refractivity contribution in [2.45, 2.75) is 37.6 Å². The van der Waals surface area contributed by atoms with Crippen LogP contribution in [0.1, 0.15) is 25.3 Å². The van der Waals surface area contributed by atoms with Crippen LogP contribution in [0.5, 0.6) is 0 Å². The van der Waals surface area contributed by atoms with Gasteiger partial charge in [0.15, 0.2) is 0 Å². The Kier molecular flexibility index (Phi) is 3.14. The van der Waals surface area contributed by atoms with Crippen LogP contribution in [-0.4, -0.2) is 25.3 Å². The largest absolute Gasteiger partial charge is 0.398 e. The number of nitrogen functional groups attached to an aromatic ring is 1. The SMILES string of the molecule is CCN(C1CC1)S(=O)(=O)c1ccc(C)cc1N. The molecule has 2 N–H and O–H groups in total. The zero-order valence-corrected chi connectivity index (χ0v) is 11.0. The molecular weight excluding hydrogens is 236 g/mol. The average Bonchev–Trinajstić information content (AvgIpc) is 3.01. The Hall–Kier alpha value is -1.07. The van der Waals surface area contributed by atoms with Crippen LogP contribution in [0.3, 0.4) is 0 Å². The van der Waals surface area contributed by atoms with E-state index >= 15 is 0 Å². The van der Waals surface area contributed by atoms with Crippen molar-refractivity contribution in [3.63, 3.8) is 0 Å². The third-order valence-corrected chi connectivity index (χ3v) is 5.12. The van der Waals surface area contributed by atoms with E-state index in [0.717, 1.165) is 18.4 Å². The highest BCUT2D eigenvalue weighted by Crippen LogP contribution is 2.33. The molecule has 1 aliphatic rings. The van der Waals surface area contributed by atoms with Gasteiger partial charge in [-0.15, -0.1) is 0 Å². The van der Waals surface area contributed by atoms with E-state index in [1.54, 1.807) is 22.5 Å². The van der Waals surface area contributed by atoms with Crippen LogP contribution >= 0.6 is 0 Å². The number of hydrogen-bond donors (Lipinski definition) is 1. The number of hydrogen-bond acceptors (Lipinski definition) is 3. The van der Waals surface area contributed by atoms with E-state index in [2.05, 4.69) is 0 Å². The summed E-state index contributed by atoms with van der Waals surface area (Å²) in [4.78, 5) is 0.233. The van der Waals surface area contributed by atoms with Crippen LogP contribution in [-0.2, 0) is 10.0 Å². The van der Waals surface area contributed by atoms with Crippen LogP contribution in [0.4, 0.5) is 5.69 Å². The molecule has 0 amide bonds. The van der Waals surface area contributed by atoms with Crippen molar-refractivity contribution in [3.05, 3.63) is 23.8 Å². The molecule has 1 fully saturated rings. The summed E-state index contributed by atoms with van der Waals surface area (Å²) in [5, 5.41) is 0. The molecule has 17 heavy (non-hydrogen) atoms. The second-order valence-corrected chi connectivity index (χ2v) is 6.34. The fourth-order valence-electron chi connectivity index (χ4n) is 2.02. The number of benzene rings is 1. The third kappa shape index (κ3) is 2.30. The zero-order chi connectivity index (χ0) is 12.6. The highest BCUT2D eigenvalue weighted by Gasteiger charge is 2.37. The van der Waals surface area contributed by atoms with Crippen LogP contribution in [0.15, 0.2) is 23.1 Å². The smallest absolute Gasteiger partial charge is 0.245 e. The summed E-state index contributed by atoms with van der Waals surface area (Å²) < 4.78 is 26.4. The molecule has 0 aliphatic heterocycles. The second kappa shape index (κ2) is 4.31. The van der Waals surface area contributed by atoms with E-state index in [-0.39, 0.29) is 10.9 Å². The maximum Gasteiger partial charge on any atom is 0.245 e. The molecule has 2 rings (SSSR count). The molecule has 1 saturated carbocycles. The zero-order valence-electron chi connectivity index (χ0n) is 10.2. The van der Waals surface area contributed by atoms with Crippen molar-refractivity contribution >= 4 is 15.7 Å². The summed E-state index contributed by atoms with van der Waals surface area (Å²) in [6, 6.07) is 5.26. The van der Waals surface area contributed by atoms with Crippen LogP contribution in [0.2, 0.25) is 0 Å². The lowest BCUT2D eigenvalue weighted by atomic mass is 10.2. The number of sulfonamides is 1. The van der Waals surface area contributed by atoms with Gasteiger partial charge in [-0.25, -0.2) is 8.42 Å². The summed E-state index contributed by atoms with van der Waals surface area (Å²) in [6.07, 6.45) is 1.91. The highest BCUT2D eigenvalue weighted by molar-refractivity contribution is 7.89. The Labute approximate surface area is 102 Å². The molecule has 5 heteroatoms. The Balaban J connectivity index is 2.43. The summed E-state index contributed by atoms with van der Waals surface area (Å²) in [5.74, 6) is 0. The molecule has 0 spiro atoms. The van der Waals surface area contributed by atoms with Gasteiger partial charge in [0.25, 0.3) is 0 Å². The van der Waals surface area contributed by atoms with E-state index in [4.69, 9.17) is 5.73 Å². The predicted molar refractivity (Wildman–Crippen MR) is 68.2 cm³/mol. The monoisotopic (exact) mass is 254 g/mol.